The summed E-state index contributed by atoms with van der Waals surface area (Å²) in [5, 5.41) is 7.18. The van der Waals surface area contributed by atoms with Gasteiger partial charge in [-0.25, -0.2) is 4.98 Å². The van der Waals surface area contributed by atoms with Crippen LogP contribution in [-0.4, -0.2) is 21.0 Å². The number of aromatic nitrogens is 3. The number of carbonyl (C=O) groups excluding carboxylic acids is 1. The number of benzene rings is 1. The van der Waals surface area contributed by atoms with E-state index in [0.717, 1.165) is 31.2 Å². The molecule has 27 heavy (non-hydrogen) atoms. The van der Waals surface area contributed by atoms with Crippen molar-refractivity contribution < 1.29 is 13.7 Å². The van der Waals surface area contributed by atoms with Crippen molar-refractivity contribution in [1.29, 1.82) is 0 Å². The fraction of sp³-hybridized carbons (Fsp3) is 0.400. The first-order valence-electron chi connectivity index (χ1n) is 9.27. The van der Waals surface area contributed by atoms with E-state index in [-0.39, 0.29) is 5.91 Å². The van der Waals surface area contributed by atoms with Crippen molar-refractivity contribution in [3.63, 3.8) is 0 Å². The molecule has 7 nitrogen and oxygen atoms in total. The molecule has 1 aliphatic rings. The van der Waals surface area contributed by atoms with Gasteiger partial charge >= 0.3 is 0 Å². The maximum Gasteiger partial charge on any atom is 0.223 e. The van der Waals surface area contributed by atoms with Gasteiger partial charge in [-0.15, -0.1) is 0 Å². The van der Waals surface area contributed by atoms with E-state index in [2.05, 4.69) is 20.4 Å². The van der Waals surface area contributed by atoms with Gasteiger partial charge in [0, 0.05) is 25.3 Å². The Morgan fingerprint density at radius 3 is 2.70 bits per heavy atom. The molecule has 1 aromatic carbocycles. The Bertz CT molecular complexity index is 910. The van der Waals surface area contributed by atoms with Crippen LogP contribution in [0.15, 0.2) is 45.5 Å². The highest BCUT2D eigenvalue weighted by molar-refractivity contribution is 5.77. The van der Waals surface area contributed by atoms with Gasteiger partial charge in [0.1, 0.15) is 5.54 Å². The summed E-state index contributed by atoms with van der Waals surface area (Å²) in [6.07, 6.45) is 6.17. The smallest absolute Gasteiger partial charge is 0.223 e. The van der Waals surface area contributed by atoms with E-state index in [4.69, 9.17) is 8.94 Å². The first kappa shape index (κ1) is 17.5. The lowest BCUT2D eigenvalue weighted by Crippen LogP contribution is -2.44. The average molecular weight is 366 g/mol. The number of oxazole rings is 1. The van der Waals surface area contributed by atoms with Crippen molar-refractivity contribution in [2.75, 3.05) is 0 Å². The standard InChI is InChI=1S/C20H22N4O3/c1-14-22-19(24-27-14)20(11-5-6-12-20)23-17(25)9-10-18-21-13-16(26-18)15-7-3-2-4-8-15/h2-4,7-8,13H,5-6,9-12H2,1H3,(H,23,25). The first-order chi connectivity index (χ1) is 13.1. The Hall–Kier alpha value is -2.96. The molecule has 0 radical (unpaired) electrons. The molecule has 4 rings (SSSR count). The molecule has 0 aliphatic heterocycles. The number of hydrogen-bond donors (Lipinski definition) is 1. The van der Waals surface area contributed by atoms with Crippen molar-refractivity contribution in [2.45, 2.75) is 51.0 Å². The maximum atomic E-state index is 12.6. The van der Waals surface area contributed by atoms with Gasteiger partial charge in [-0.1, -0.05) is 48.3 Å². The number of nitrogens with zero attached hydrogens (tertiary/aromatic N) is 3. The topological polar surface area (TPSA) is 94.1 Å². The van der Waals surface area contributed by atoms with Gasteiger partial charge in [0.05, 0.1) is 6.20 Å². The first-order valence-corrected chi connectivity index (χ1v) is 9.27. The molecule has 0 spiro atoms. The Balaban J connectivity index is 1.39. The number of aryl methyl sites for hydroxylation is 2. The molecule has 1 aliphatic carbocycles. The minimum absolute atomic E-state index is 0.0567. The lowest BCUT2D eigenvalue weighted by molar-refractivity contribution is -0.123. The minimum Gasteiger partial charge on any atom is -0.441 e. The maximum absolute atomic E-state index is 12.6. The van der Waals surface area contributed by atoms with Crippen LogP contribution in [0.25, 0.3) is 11.3 Å². The monoisotopic (exact) mass is 366 g/mol. The van der Waals surface area contributed by atoms with Crippen LogP contribution < -0.4 is 5.32 Å². The van der Waals surface area contributed by atoms with E-state index in [1.807, 2.05) is 30.3 Å². The van der Waals surface area contributed by atoms with Crippen LogP contribution in [0.3, 0.4) is 0 Å². The highest BCUT2D eigenvalue weighted by Crippen LogP contribution is 2.37. The summed E-state index contributed by atoms with van der Waals surface area (Å²) in [6.45, 7) is 1.76. The predicted molar refractivity (Wildman–Crippen MR) is 97.6 cm³/mol. The SMILES string of the molecule is Cc1nc(C2(NC(=O)CCc3ncc(-c4ccccc4)o3)CCCC2)no1. The van der Waals surface area contributed by atoms with E-state index in [1.165, 1.54) is 0 Å². The molecule has 1 amide bonds. The lowest BCUT2D eigenvalue weighted by atomic mass is 9.96. The second-order valence-electron chi connectivity index (χ2n) is 6.96. The fourth-order valence-corrected chi connectivity index (χ4v) is 3.59. The van der Waals surface area contributed by atoms with Gasteiger partial charge in [-0.2, -0.15) is 4.98 Å². The normalized spacial score (nSPS) is 15.7. The third-order valence-corrected chi connectivity index (χ3v) is 4.97. The number of hydrogen-bond acceptors (Lipinski definition) is 6. The van der Waals surface area contributed by atoms with Crippen molar-refractivity contribution >= 4 is 5.91 Å². The van der Waals surface area contributed by atoms with E-state index in [0.29, 0.717) is 36.2 Å². The van der Waals surface area contributed by atoms with Gasteiger partial charge in [0.15, 0.2) is 17.5 Å². The summed E-state index contributed by atoms with van der Waals surface area (Å²) < 4.78 is 10.9. The summed E-state index contributed by atoms with van der Waals surface area (Å²) in [7, 11) is 0. The Morgan fingerprint density at radius 1 is 1.22 bits per heavy atom. The molecule has 1 saturated carbocycles. The summed E-state index contributed by atoms with van der Waals surface area (Å²) >= 11 is 0. The summed E-state index contributed by atoms with van der Waals surface area (Å²) in [5.41, 5.74) is 0.457. The van der Waals surface area contributed by atoms with Crippen LogP contribution in [0.4, 0.5) is 0 Å². The molecule has 140 valence electrons. The van der Waals surface area contributed by atoms with Crippen LogP contribution in [-0.2, 0) is 16.8 Å². The van der Waals surface area contributed by atoms with Crippen molar-refractivity contribution in [3.8, 4) is 11.3 Å². The Kier molecular flexibility index (Phi) is 4.75. The van der Waals surface area contributed by atoms with E-state index >= 15 is 0 Å². The molecule has 1 fully saturated rings. The number of nitrogens with one attached hydrogen (secondary N) is 1. The lowest BCUT2D eigenvalue weighted by Gasteiger charge is -2.26. The molecule has 0 saturated heterocycles. The van der Waals surface area contributed by atoms with Crippen molar-refractivity contribution in [1.82, 2.24) is 20.4 Å². The van der Waals surface area contributed by atoms with Crippen LogP contribution >= 0.6 is 0 Å². The third-order valence-electron chi connectivity index (χ3n) is 4.97. The van der Waals surface area contributed by atoms with Gasteiger partial charge in [0.2, 0.25) is 11.8 Å². The second kappa shape index (κ2) is 7.34. The Labute approximate surface area is 157 Å². The minimum atomic E-state index is -0.513. The van der Waals surface area contributed by atoms with Crippen LogP contribution in [0.5, 0.6) is 0 Å². The third kappa shape index (κ3) is 3.77. The van der Waals surface area contributed by atoms with Crippen LogP contribution in [0.1, 0.15) is 49.7 Å². The zero-order valence-electron chi connectivity index (χ0n) is 15.3. The van der Waals surface area contributed by atoms with E-state index in [9.17, 15) is 4.79 Å². The summed E-state index contributed by atoms with van der Waals surface area (Å²) in [6, 6.07) is 9.79. The average Bonchev–Trinajstić information content (AvgIpc) is 3.42. The molecular weight excluding hydrogens is 344 g/mol. The number of carbonyl (C=O) groups is 1. The predicted octanol–water partition coefficient (Wildman–Crippen LogP) is 3.55. The number of rotatable bonds is 6. The zero-order valence-corrected chi connectivity index (χ0v) is 15.3. The van der Waals surface area contributed by atoms with Crippen molar-refractivity contribution in [2.24, 2.45) is 0 Å². The molecule has 7 heteroatoms. The molecule has 0 bridgehead atoms. The highest BCUT2D eigenvalue weighted by Gasteiger charge is 2.41. The van der Waals surface area contributed by atoms with E-state index in [1.54, 1.807) is 13.1 Å². The van der Waals surface area contributed by atoms with E-state index < -0.39 is 5.54 Å². The van der Waals surface area contributed by atoms with Crippen LogP contribution in [0, 0.1) is 6.92 Å². The molecule has 0 atom stereocenters. The quantitative estimate of drug-likeness (QED) is 0.717. The van der Waals surface area contributed by atoms with Gasteiger partial charge in [0.25, 0.3) is 0 Å². The molecule has 2 heterocycles. The highest BCUT2D eigenvalue weighted by atomic mass is 16.5. The zero-order chi connectivity index (χ0) is 18.7. The summed E-state index contributed by atoms with van der Waals surface area (Å²) in [5.74, 6) is 2.30. The van der Waals surface area contributed by atoms with Crippen molar-refractivity contribution in [3.05, 3.63) is 54.1 Å². The van der Waals surface area contributed by atoms with Gasteiger partial charge < -0.3 is 14.3 Å². The molecule has 2 aromatic heterocycles. The second-order valence-corrected chi connectivity index (χ2v) is 6.96. The fourth-order valence-electron chi connectivity index (χ4n) is 3.59. The van der Waals surface area contributed by atoms with Gasteiger partial charge in [-0.05, 0) is 12.8 Å². The molecule has 0 unspecified atom stereocenters. The van der Waals surface area contributed by atoms with Crippen LogP contribution in [0.2, 0.25) is 0 Å². The Morgan fingerprint density at radius 2 is 2.00 bits per heavy atom. The molecular formula is C20H22N4O3. The largest absolute Gasteiger partial charge is 0.441 e. The van der Waals surface area contributed by atoms with Gasteiger partial charge in [-0.3, -0.25) is 4.79 Å². The summed E-state index contributed by atoms with van der Waals surface area (Å²) in [4.78, 5) is 21.2. The molecule has 1 N–H and O–H groups in total. The number of amides is 1. The molecule has 3 aromatic rings.